The van der Waals surface area contributed by atoms with E-state index in [2.05, 4.69) is 5.43 Å². The number of aryl methyl sites for hydroxylation is 1. The number of ether oxygens (including phenoxy) is 2. The van der Waals surface area contributed by atoms with Crippen molar-refractivity contribution in [1.82, 2.24) is 5.43 Å². The van der Waals surface area contributed by atoms with Crippen LogP contribution in [-0.2, 0) is 10.2 Å². The number of nitrogens with two attached hydrogens (primary N) is 1. The van der Waals surface area contributed by atoms with E-state index in [1.165, 1.54) is 0 Å². The number of carbonyl (C=O) groups excluding carboxylic acids is 1. The molecule has 0 unspecified atom stereocenters. The Labute approximate surface area is 98.9 Å². The molecule has 17 heavy (non-hydrogen) atoms. The van der Waals surface area contributed by atoms with Crippen LogP contribution in [0.1, 0.15) is 24.0 Å². The maximum atomic E-state index is 11.8. The zero-order valence-electron chi connectivity index (χ0n) is 9.58. The Bertz CT molecular complexity index is 495. The van der Waals surface area contributed by atoms with Crippen molar-refractivity contribution in [2.24, 2.45) is 5.84 Å². The molecule has 1 amide bonds. The lowest BCUT2D eigenvalue weighted by Crippen LogP contribution is -2.39. The van der Waals surface area contributed by atoms with Crippen molar-refractivity contribution in [3.8, 4) is 11.5 Å². The van der Waals surface area contributed by atoms with E-state index in [0.717, 1.165) is 29.7 Å². The summed E-state index contributed by atoms with van der Waals surface area (Å²) in [6.07, 6.45) is 1.66. The molecule has 0 bridgehead atoms. The molecule has 5 nitrogen and oxygen atoms in total. The number of rotatable bonds is 2. The lowest BCUT2D eigenvalue weighted by atomic mass is 9.90. The Balaban J connectivity index is 2.07. The van der Waals surface area contributed by atoms with Gasteiger partial charge >= 0.3 is 0 Å². The highest BCUT2D eigenvalue weighted by molar-refractivity contribution is 5.91. The Kier molecular flexibility index (Phi) is 2.06. The number of benzene rings is 1. The van der Waals surface area contributed by atoms with Gasteiger partial charge in [0.05, 0.1) is 5.41 Å². The number of nitrogens with one attached hydrogen (secondary N) is 1. The van der Waals surface area contributed by atoms with Crippen molar-refractivity contribution in [3.05, 3.63) is 23.3 Å². The van der Waals surface area contributed by atoms with E-state index in [1.807, 2.05) is 19.1 Å². The zero-order valence-corrected chi connectivity index (χ0v) is 9.58. The Morgan fingerprint density at radius 3 is 2.59 bits per heavy atom. The number of carbonyl (C=O) groups is 1. The first kappa shape index (κ1) is 10.4. The van der Waals surface area contributed by atoms with E-state index in [4.69, 9.17) is 15.3 Å². The normalized spacial score (nSPS) is 18.9. The van der Waals surface area contributed by atoms with Gasteiger partial charge < -0.3 is 9.47 Å². The molecule has 1 aliphatic heterocycles. The maximum absolute atomic E-state index is 11.8. The maximum Gasteiger partial charge on any atom is 0.244 e. The molecule has 0 atom stereocenters. The topological polar surface area (TPSA) is 73.6 Å². The van der Waals surface area contributed by atoms with Crippen molar-refractivity contribution >= 4 is 5.91 Å². The minimum atomic E-state index is -0.459. The lowest BCUT2D eigenvalue weighted by molar-refractivity contribution is -0.123. The molecular weight excluding hydrogens is 220 g/mol. The molecule has 0 aromatic heterocycles. The average molecular weight is 234 g/mol. The van der Waals surface area contributed by atoms with Gasteiger partial charge in [-0.2, -0.15) is 0 Å². The summed E-state index contributed by atoms with van der Waals surface area (Å²) in [4.78, 5) is 11.8. The molecular formula is C12H14N2O3. The van der Waals surface area contributed by atoms with Crippen molar-refractivity contribution in [2.45, 2.75) is 25.2 Å². The molecule has 3 rings (SSSR count). The first-order valence-corrected chi connectivity index (χ1v) is 5.59. The Hall–Kier alpha value is -1.75. The first-order chi connectivity index (χ1) is 8.17. The standard InChI is InChI=1S/C12H14N2O3/c1-7-4-9-10(17-6-16-9)5-8(7)12(2-3-12)11(15)14-13/h4-5H,2-3,6,13H2,1H3,(H,14,15). The highest BCUT2D eigenvalue weighted by atomic mass is 16.7. The molecule has 2 aliphatic rings. The molecule has 1 aromatic carbocycles. The van der Waals surface area contributed by atoms with Gasteiger partial charge in [-0.25, -0.2) is 5.84 Å². The molecule has 0 saturated heterocycles. The van der Waals surface area contributed by atoms with Crippen LogP contribution in [0.4, 0.5) is 0 Å². The van der Waals surface area contributed by atoms with Crippen molar-refractivity contribution in [3.63, 3.8) is 0 Å². The van der Waals surface area contributed by atoms with Crippen molar-refractivity contribution < 1.29 is 14.3 Å². The summed E-state index contributed by atoms with van der Waals surface area (Å²) in [7, 11) is 0. The van der Waals surface area contributed by atoms with Crippen LogP contribution in [0.5, 0.6) is 11.5 Å². The molecule has 1 heterocycles. The van der Waals surface area contributed by atoms with E-state index in [9.17, 15) is 4.79 Å². The second-order valence-electron chi connectivity index (χ2n) is 4.58. The molecule has 3 N–H and O–H groups in total. The molecule has 5 heteroatoms. The predicted molar refractivity (Wildman–Crippen MR) is 60.5 cm³/mol. The number of hydrogen-bond donors (Lipinski definition) is 2. The van der Waals surface area contributed by atoms with Crippen LogP contribution < -0.4 is 20.7 Å². The monoisotopic (exact) mass is 234 g/mol. The van der Waals surface area contributed by atoms with Crippen molar-refractivity contribution in [2.75, 3.05) is 6.79 Å². The Morgan fingerprint density at radius 2 is 2.00 bits per heavy atom. The highest BCUT2D eigenvalue weighted by Gasteiger charge is 2.52. The van der Waals surface area contributed by atoms with E-state index in [-0.39, 0.29) is 12.7 Å². The van der Waals surface area contributed by atoms with Crippen LogP contribution >= 0.6 is 0 Å². The smallest absolute Gasteiger partial charge is 0.244 e. The van der Waals surface area contributed by atoms with Gasteiger partial charge in [0, 0.05) is 0 Å². The van der Waals surface area contributed by atoms with Gasteiger partial charge in [-0.05, 0) is 43.0 Å². The zero-order chi connectivity index (χ0) is 12.0. The lowest BCUT2D eigenvalue weighted by Gasteiger charge is -2.16. The fourth-order valence-electron chi connectivity index (χ4n) is 2.44. The average Bonchev–Trinajstić information content (AvgIpc) is 3.01. The summed E-state index contributed by atoms with van der Waals surface area (Å²) in [5.41, 5.74) is 3.82. The summed E-state index contributed by atoms with van der Waals surface area (Å²) in [6.45, 7) is 2.22. The van der Waals surface area contributed by atoms with Gasteiger partial charge in [-0.1, -0.05) is 0 Å². The van der Waals surface area contributed by atoms with Gasteiger partial charge in [0.25, 0.3) is 0 Å². The third kappa shape index (κ3) is 1.39. The van der Waals surface area contributed by atoms with E-state index < -0.39 is 5.41 Å². The van der Waals surface area contributed by atoms with Gasteiger partial charge in [0.2, 0.25) is 12.7 Å². The molecule has 1 aromatic rings. The van der Waals surface area contributed by atoms with E-state index in [0.29, 0.717) is 5.75 Å². The molecule has 1 aliphatic carbocycles. The summed E-state index contributed by atoms with van der Waals surface area (Å²) in [6, 6.07) is 3.82. The van der Waals surface area contributed by atoms with Gasteiger partial charge in [0.15, 0.2) is 11.5 Å². The van der Waals surface area contributed by atoms with Crippen LogP contribution in [-0.4, -0.2) is 12.7 Å². The number of amides is 1. The third-order valence-corrected chi connectivity index (χ3v) is 3.55. The predicted octanol–water partition coefficient (Wildman–Crippen LogP) is 0.745. The second kappa shape index (κ2) is 3.37. The van der Waals surface area contributed by atoms with Crippen LogP contribution in [0.2, 0.25) is 0 Å². The van der Waals surface area contributed by atoms with E-state index >= 15 is 0 Å². The quantitative estimate of drug-likeness (QED) is 0.450. The largest absolute Gasteiger partial charge is 0.454 e. The molecule has 1 fully saturated rings. The van der Waals surface area contributed by atoms with Crippen LogP contribution in [0.3, 0.4) is 0 Å². The molecule has 0 spiro atoms. The number of fused-ring (bicyclic) bond motifs is 1. The van der Waals surface area contributed by atoms with Crippen molar-refractivity contribution in [1.29, 1.82) is 0 Å². The van der Waals surface area contributed by atoms with Crippen LogP contribution in [0, 0.1) is 6.92 Å². The Morgan fingerprint density at radius 1 is 1.35 bits per heavy atom. The van der Waals surface area contributed by atoms with Gasteiger partial charge in [-0.3, -0.25) is 10.2 Å². The van der Waals surface area contributed by atoms with E-state index in [1.54, 1.807) is 0 Å². The molecule has 0 radical (unpaired) electrons. The fraction of sp³-hybridized carbons (Fsp3) is 0.417. The SMILES string of the molecule is Cc1cc2c(cc1C1(C(=O)NN)CC1)OCO2. The second-order valence-corrected chi connectivity index (χ2v) is 4.58. The molecule has 1 saturated carbocycles. The minimum Gasteiger partial charge on any atom is -0.454 e. The fourth-order valence-corrected chi connectivity index (χ4v) is 2.44. The van der Waals surface area contributed by atoms with Gasteiger partial charge in [0.1, 0.15) is 0 Å². The highest BCUT2D eigenvalue weighted by Crippen LogP contribution is 2.51. The van der Waals surface area contributed by atoms with Crippen LogP contribution in [0.25, 0.3) is 0 Å². The summed E-state index contributed by atoms with van der Waals surface area (Å²) >= 11 is 0. The summed E-state index contributed by atoms with van der Waals surface area (Å²) < 4.78 is 10.7. The number of hydrazine groups is 1. The number of hydrogen-bond acceptors (Lipinski definition) is 4. The third-order valence-electron chi connectivity index (χ3n) is 3.55. The van der Waals surface area contributed by atoms with Crippen LogP contribution in [0.15, 0.2) is 12.1 Å². The minimum absolute atomic E-state index is 0.125. The summed E-state index contributed by atoms with van der Waals surface area (Å²) in [5.74, 6) is 6.57. The summed E-state index contributed by atoms with van der Waals surface area (Å²) in [5, 5.41) is 0. The molecule has 90 valence electrons. The van der Waals surface area contributed by atoms with Gasteiger partial charge in [-0.15, -0.1) is 0 Å². The first-order valence-electron chi connectivity index (χ1n) is 5.59.